The Bertz CT molecular complexity index is 461. The van der Waals surface area contributed by atoms with Gasteiger partial charge in [0.1, 0.15) is 0 Å². The molecule has 18 heavy (non-hydrogen) atoms. The van der Waals surface area contributed by atoms with Gasteiger partial charge in [0.15, 0.2) is 0 Å². The van der Waals surface area contributed by atoms with Gasteiger partial charge in [0.2, 0.25) is 5.91 Å². The Balaban J connectivity index is 1.84. The molecule has 5 heteroatoms. The number of carbonyl (C=O) groups excluding carboxylic acids is 1. The van der Waals surface area contributed by atoms with E-state index in [1.165, 1.54) is 11.1 Å². The molecule has 0 aromatic heterocycles. The van der Waals surface area contributed by atoms with Crippen molar-refractivity contribution in [1.29, 1.82) is 0 Å². The summed E-state index contributed by atoms with van der Waals surface area (Å²) in [6.45, 7) is 0. The minimum atomic E-state index is -0.890. The Kier molecular flexibility index (Phi) is 4.25. The van der Waals surface area contributed by atoms with Gasteiger partial charge in [-0.2, -0.15) is 0 Å². The van der Waals surface area contributed by atoms with Crippen molar-refractivity contribution in [3.05, 3.63) is 35.4 Å². The van der Waals surface area contributed by atoms with Crippen molar-refractivity contribution in [2.45, 2.75) is 18.9 Å². The molecule has 1 aliphatic rings. The highest BCUT2D eigenvalue weighted by Gasteiger charge is 2.23. The summed E-state index contributed by atoms with van der Waals surface area (Å²) in [7, 11) is 0. The van der Waals surface area contributed by atoms with Crippen LogP contribution in [0.15, 0.2) is 24.3 Å². The van der Waals surface area contributed by atoms with Gasteiger partial charge in [-0.15, -0.1) is 11.8 Å². The highest BCUT2D eigenvalue weighted by molar-refractivity contribution is 8.00. The first-order chi connectivity index (χ1) is 8.66. The van der Waals surface area contributed by atoms with Crippen LogP contribution in [0.25, 0.3) is 0 Å². The maximum absolute atomic E-state index is 11.7. The van der Waals surface area contributed by atoms with Crippen molar-refractivity contribution in [3.63, 3.8) is 0 Å². The Morgan fingerprint density at radius 3 is 2.89 bits per heavy atom. The third kappa shape index (κ3) is 3.26. The second kappa shape index (κ2) is 5.91. The maximum Gasteiger partial charge on any atom is 0.313 e. The summed E-state index contributed by atoms with van der Waals surface area (Å²) in [6.07, 6.45) is 1.91. The Labute approximate surface area is 110 Å². The number of aliphatic carboxylic acids is 1. The highest BCUT2D eigenvalue weighted by Crippen LogP contribution is 2.30. The smallest absolute Gasteiger partial charge is 0.313 e. The van der Waals surface area contributed by atoms with Gasteiger partial charge in [-0.3, -0.25) is 9.59 Å². The normalized spacial score (nSPS) is 17.2. The zero-order valence-corrected chi connectivity index (χ0v) is 10.7. The van der Waals surface area contributed by atoms with Crippen molar-refractivity contribution < 1.29 is 14.7 Å². The van der Waals surface area contributed by atoms with Crippen molar-refractivity contribution >= 4 is 23.6 Å². The molecule has 2 N–H and O–H groups in total. The molecule has 4 nitrogen and oxygen atoms in total. The molecule has 0 heterocycles. The number of hydrogen-bond donors (Lipinski definition) is 2. The lowest BCUT2D eigenvalue weighted by Gasteiger charge is -2.13. The van der Waals surface area contributed by atoms with Gasteiger partial charge in [-0.1, -0.05) is 24.3 Å². The fourth-order valence-corrected chi connectivity index (χ4v) is 2.72. The molecule has 0 saturated carbocycles. The first-order valence-corrected chi connectivity index (χ1v) is 6.99. The van der Waals surface area contributed by atoms with E-state index in [2.05, 4.69) is 11.4 Å². The molecule has 1 aromatic rings. The second-order valence-corrected chi connectivity index (χ2v) is 5.23. The van der Waals surface area contributed by atoms with Crippen molar-refractivity contribution in [3.8, 4) is 0 Å². The molecule has 1 amide bonds. The van der Waals surface area contributed by atoms with E-state index in [9.17, 15) is 9.59 Å². The molecule has 0 radical (unpaired) electrons. The van der Waals surface area contributed by atoms with Crippen LogP contribution in [0.5, 0.6) is 0 Å². The number of fused-ring (bicyclic) bond motifs is 1. The lowest BCUT2D eigenvalue weighted by molar-refractivity contribution is -0.133. The molecule has 1 unspecified atom stereocenters. The summed E-state index contributed by atoms with van der Waals surface area (Å²) in [5.41, 5.74) is 2.48. The van der Waals surface area contributed by atoms with Gasteiger partial charge in [0.05, 0.1) is 17.5 Å². The fourth-order valence-electron chi connectivity index (χ4n) is 2.17. The van der Waals surface area contributed by atoms with Crippen LogP contribution in [0.4, 0.5) is 0 Å². The Morgan fingerprint density at radius 2 is 2.11 bits per heavy atom. The van der Waals surface area contributed by atoms with Gasteiger partial charge in [-0.05, 0) is 24.0 Å². The van der Waals surface area contributed by atoms with Crippen molar-refractivity contribution in [2.24, 2.45) is 0 Å². The zero-order valence-electron chi connectivity index (χ0n) is 9.89. The molecule has 1 atom stereocenters. The average Bonchev–Trinajstić information content (AvgIpc) is 2.72. The van der Waals surface area contributed by atoms with Crippen LogP contribution in [-0.2, 0) is 16.0 Å². The second-order valence-electron chi connectivity index (χ2n) is 4.24. The number of carboxylic acid groups (broad SMARTS) is 1. The Hall–Kier alpha value is -1.49. The number of hydrogen-bond acceptors (Lipinski definition) is 3. The fraction of sp³-hybridized carbons (Fsp3) is 0.385. The average molecular weight is 265 g/mol. The molecule has 0 bridgehead atoms. The van der Waals surface area contributed by atoms with Crippen LogP contribution in [0.1, 0.15) is 23.6 Å². The number of amides is 1. The van der Waals surface area contributed by atoms with Gasteiger partial charge in [0.25, 0.3) is 0 Å². The molecular weight excluding hydrogens is 250 g/mol. The highest BCUT2D eigenvalue weighted by atomic mass is 32.2. The van der Waals surface area contributed by atoms with Gasteiger partial charge in [0, 0.05) is 0 Å². The summed E-state index contributed by atoms with van der Waals surface area (Å²) in [5, 5.41) is 11.4. The molecule has 1 aromatic carbocycles. The molecular formula is C13H15NO3S. The third-order valence-electron chi connectivity index (χ3n) is 2.93. The molecule has 2 rings (SSSR count). The summed E-state index contributed by atoms with van der Waals surface area (Å²) >= 11 is 1.12. The number of thioether (sulfide) groups is 1. The van der Waals surface area contributed by atoms with E-state index in [1.54, 1.807) is 0 Å². The SMILES string of the molecule is O=C(O)CSCC(=O)NC1CCc2ccccc21. The van der Waals surface area contributed by atoms with Gasteiger partial charge in [-0.25, -0.2) is 0 Å². The van der Waals surface area contributed by atoms with Crippen LogP contribution in [-0.4, -0.2) is 28.5 Å². The number of carbonyl (C=O) groups is 2. The first kappa shape index (κ1) is 13.0. The van der Waals surface area contributed by atoms with Crippen molar-refractivity contribution in [2.75, 3.05) is 11.5 Å². The molecule has 0 aliphatic heterocycles. The molecule has 96 valence electrons. The van der Waals surface area contributed by atoms with E-state index >= 15 is 0 Å². The van der Waals surface area contributed by atoms with E-state index in [-0.39, 0.29) is 23.5 Å². The standard InChI is InChI=1S/C13H15NO3S/c15-12(7-18-8-13(16)17)14-11-6-5-9-3-1-2-4-10(9)11/h1-4,11H,5-8H2,(H,14,15)(H,16,17). The molecule has 0 fully saturated rings. The zero-order chi connectivity index (χ0) is 13.0. The number of rotatable bonds is 5. The lowest BCUT2D eigenvalue weighted by atomic mass is 10.1. The van der Waals surface area contributed by atoms with Crippen LogP contribution in [0, 0.1) is 0 Å². The van der Waals surface area contributed by atoms with E-state index in [0.717, 1.165) is 24.6 Å². The van der Waals surface area contributed by atoms with Crippen LogP contribution >= 0.6 is 11.8 Å². The third-order valence-corrected chi connectivity index (χ3v) is 3.84. The minimum absolute atomic E-state index is 0.0331. The Morgan fingerprint density at radius 1 is 1.33 bits per heavy atom. The predicted molar refractivity (Wildman–Crippen MR) is 70.6 cm³/mol. The minimum Gasteiger partial charge on any atom is -0.481 e. The van der Waals surface area contributed by atoms with Crippen molar-refractivity contribution in [1.82, 2.24) is 5.32 Å². The maximum atomic E-state index is 11.7. The summed E-state index contributed by atoms with van der Waals surface area (Å²) in [4.78, 5) is 22.0. The number of benzene rings is 1. The summed E-state index contributed by atoms with van der Waals surface area (Å²) < 4.78 is 0. The number of nitrogens with one attached hydrogen (secondary N) is 1. The van der Waals surface area contributed by atoms with E-state index < -0.39 is 5.97 Å². The van der Waals surface area contributed by atoms with E-state index in [1.807, 2.05) is 18.2 Å². The summed E-state index contributed by atoms with van der Waals surface area (Å²) in [6, 6.07) is 8.19. The van der Waals surface area contributed by atoms with Gasteiger partial charge >= 0.3 is 5.97 Å². The monoisotopic (exact) mass is 265 g/mol. The lowest BCUT2D eigenvalue weighted by Crippen LogP contribution is -2.29. The van der Waals surface area contributed by atoms with Gasteiger partial charge < -0.3 is 10.4 Å². The molecule has 0 spiro atoms. The summed E-state index contributed by atoms with van der Waals surface area (Å²) in [5.74, 6) is -0.818. The number of aryl methyl sites for hydroxylation is 1. The van der Waals surface area contributed by atoms with E-state index in [4.69, 9.17) is 5.11 Å². The van der Waals surface area contributed by atoms with Crippen LogP contribution in [0.3, 0.4) is 0 Å². The van der Waals surface area contributed by atoms with E-state index in [0.29, 0.717) is 0 Å². The van der Waals surface area contributed by atoms with Crippen LogP contribution in [0.2, 0.25) is 0 Å². The topological polar surface area (TPSA) is 66.4 Å². The molecule has 1 aliphatic carbocycles. The quantitative estimate of drug-likeness (QED) is 0.849. The molecule has 0 saturated heterocycles. The van der Waals surface area contributed by atoms with Crippen LogP contribution < -0.4 is 5.32 Å². The predicted octanol–water partition coefficient (Wildman–Crippen LogP) is 1.61. The number of carboxylic acids is 1. The first-order valence-electron chi connectivity index (χ1n) is 5.83. The largest absolute Gasteiger partial charge is 0.481 e.